The minimum Gasteiger partial charge on any atom is -0.497 e. The average molecular weight is 353 g/mol. The highest BCUT2D eigenvalue weighted by atomic mass is 16.5. The van der Waals surface area contributed by atoms with Gasteiger partial charge in [-0.15, -0.1) is 0 Å². The molecule has 0 aliphatic carbocycles. The summed E-state index contributed by atoms with van der Waals surface area (Å²) in [4.78, 5) is 8.66. The zero-order valence-corrected chi connectivity index (χ0v) is 14.6. The number of fused-ring (bicyclic) bond motifs is 5. The maximum atomic E-state index is 5.41. The number of pyridine rings is 1. The number of aromatic amines is 1. The first kappa shape index (κ1) is 15.4. The van der Waals surface area contributed by atoms with Crippen molar-refractivity contribution in [1.29, 1.82) is 0 Å². The molecule has 4 aromatic rings. The fraction of sp³-hybridized carbons (Fsp3) is 0.0952. The summed E-state index contributed by atoms with van der Waals surface area (Å²) in [6.45, 7) is 0. The Morgan fingerprint density at radius 2 is 2.15 bits per heavy atom. The van der Waals surface area contributed by atoms with Crippen molar-refractivity contribution in [2.24, 2.45) is 0 Å². The Kier molecular flexibility index (Phi) is 3.51. The highest BCUT2D eigenvalue weighted by molar-refractivity contribution is 5.76. The summed E-state index contributed by atoms with van der Waals surface area (Å²) in [5.41, 5.74) is 6.82. The van der Waals surface area contributed by atoms with E-state index in [0.717, 1.165) is 45.2 Å². The first-order valence-corrected chi connectivity index (χ1v) is 8.53. The van der Waals surface area contributed by atoms with Crippen molar-refractivity contribution in [3.8, 4) is 34.5 Å². The van der Waals surface area contributed by atoms with Gasteiger partial charge in [0.25, 0.3) is 0 Å². The zero-order valence-electron chi connectivity index (χ0n) is 14.6. The van der Waals surface area contributed by atoms with Gasteiger partial charge in [-0.3, -0.25) is 10.1 Å². The van der Waals surface area contributed by atoms with Crippen LogP contribution in [0.1, 0.15) is 22.5 Å². The van der Waals surface area contributed by atoms with E-state index in [4.69, 9.17) is 4.74 Å². The lowest BCUT2D eigenvalue weighted by Gasteiger charge is -2.11. The molecule has 0 unspecified atom stereocenters. The SMILES string of the molecule is COc1ccc2c(c1)-c1[nH]ncc1Cc1c(C#Cc3cccnc3)ncn1-2. The number of hydrogen-bond acceptors (Lipinski definition) is 4. The molecule has 1 N–H and O–H groups in total. The number of benzene rings is 1. The first-order valence-electron chi connectivity index (χ1n) is 8.53. The van der Waals surface area contributed by atoms with Gasteiger partial charge in [-0.1, -0.05) is 5.92 Å². The first-order chi connectivity index (χ1) is 13.3. The van der Waals surface area contributed by atoms with Gasteiger partial charge in [0, 0.05) is 35.5 Å². The van der Waals surface area contributed by atoms with Crippen LogP contribution in [0.5, 0.6) is 5.75 Å². The Hall–Kier alpha value is -3.85. The quantitative estimate of drug-likeness (QED) is 0.471. The highest BCUT2D eigenvalue weighted by Gasteiger charge is 2.23. The molecule has 1 aromatic carbocycles. The topological polar surface area (TPSA) is 68.6 Å². The number of rotatable bonds is 1. The molecule has 130 valence electrons. The van der Waals surface area contributed by atoms with Crippen molar-refractivity contribution in [3.63, 3.8) is 0 Å². The van der Waals surface area contributed by atoms with Crippen LogP contribution < -0.4 is 4.74 Å². The lowest BCUT2D eigenvalue weighted by atomic mass is 10.0. The third kappa shape index (κ3) is 2.57. The Labute approximate surface area is 155 Å². The van der Waals surface area contributed by atoms with Crippen molar-refractivity contribution < 1.29 is 4.74 Å². The number of imidazole rings is 1. The summed E-state index contributed by atoms with van der Waals surface area (Å²) >= 11 is 0. The Bertz CT molecular complexity index is 1190. The maximum absolute atomic E-state index is 5.41. The summed E-state index contributed by atoms with van der Waals surface area (Å²) in [6.07, 6.45) is 7.86. The van der Waals surface area contributed by atoms with Crippen molar-refractivity contribution in [2.75, 3.05) is 7.11 Å². The molecule has 0 saturated carbocycles. The molecule has 0 saturated heterocycles. The van der Waals surface area contributed by atoms with Gasteiger partial charge in [0.05, 0.1) is 30.4 Å². The molecule has 0 fully saturated rings. The minimum absolute atomic E-state index is 0.694. The summed E-state index contributed by atoms with van der Waals surface area (Å²) in [5.74, 6) is 7.14. The summed E-state index contributed by atoms with van der Waals surface area (Å²) in [7, 11) is 1.67. The van der Waals surface area contributed by atoms with Crippen LogP contribution in [0.4, 0.5) is 0 Å². The Balaban J connectivity index is 1.68. The van der Waals surface area contributed by atoms with Gasteiger partial charge >= 0.3 is 0 Å². The van der Waals surface area contributed by atoms with Gasteiger partial charge < -0.3 is 9.30 Å². The number of hydrogen-bond donors (Lipinski definition) is 1. The number of ether oxygens (including phenoxy) is 1. The van der Waals surface area contributed by atoms with Crippen LogP contribution in [0.15, 0.2) is 55.2 Å². The van der Waals surface area contributed by atoms with Gasteiger partial charge in [-0.25, -0.2) is 4.98 Å². The zero-order chi connectivity index (χ0) is 18.2. The third-order valence-corrected chi connectivity index (χ3v) is 4.66. The van der Waals surface area contributed by atoms with E-state index in [1.165, 1.54) is 0 Å². The second-order valence-electron chi connectivity index (χ2n) is 6.23. The molecule has 0 atom stereocenters. The minimum atomic E-state index is 0.694. The molecule has 4 heterocycles. The fourth-order valence-electron chi connectivity index (χ4n) is 3.33. The van der Waals surface area contributed by atoms with E-state index in [2.05, 4.69) is 36.6 Å². The van der Waals surface area contributed by atoms with E-state index in [9.17, 15) is 0 Å². The molecule has 6 heteroatoms. The van der Waals surface area contributed by atoms with Gasteiger partial charge in [-0.2, -0.15) is 5.10 Å². The summed E-state index contributed by atoms with van der Waals surface area (Å²) in [5, 5.41) is 7.36. The normalized spacial score (nSPS) is 11.4. The van der Waals surface area contributed by atoms with Crippen LogP contribution >= 0.6 is 0 Å². The van der Waals surface area contributed by atoms with Gasteiger partial charge in [0.1, 0.15) is 17.8 Å². The molecule has 5 rings (SSSR count). The standard InChI is InChI=1S/C21H15N5O/c1-27-16-5-7-19-17(10-16)21-15(12-24-25-21)9-20-18(23-13-26(19)20)6-4-14-3-2-8-22-11-14/h2-3,5,7-8,10-13H,9H2,1H3,(H,24,25). The lowest BCUT2D eigenvalue weighted by Crippen LogP contribution is -2.00. The average Bonchev–Trinajstić information content (AvgIpc) is 3.32. The number of H-pyrrole nitrogens is 1. The largest absolute Gasteiger partial charge is 0.497 e. The molecule has 27 heavy (non-hydrogen) atoms. The Morgan fingerprint density at radius 3 is 3.00 bits per heavy atom. The van der Waals surface area contributed by atoms with Gasteiger partial charge in [-0.05, 0) is 36.3 Å². The molecule has 6 nitrogen and oxygen atoms in total. The third-order valence-electron chi connectivity index (χ3n) is 4.66. The van der Waals surface area contributed by atoms with Crippen molar-refractivity contribution in [1.82, 2.24) is 24.7 Å². The maximum Gasteiger partial charge on any atom is 0.135 e. The van der Waals surface area contributed by atoms with Crippen LogP contribution in [0.3, 0.4) is 0 Å². The molecule has 0 amide bonds. The van der Waals surface area contributed by atoms with Crippen molar-refractivity contribution in [3.05, 3.63) is 77.8 Å². The van der Waals surface area contributed by atoms with Gasteiger partial charge in [0.15, 0.2) is 0 Å². The summed E-state index contributed by atoms with van der Waals surface area (Å²) in [6, 6.07) is 9.81. The molecule has 3 aromatic heterocycles. The van der Waals surface area contributed by atoms with Gasteiger partial charge in [0.2, 0.25) is 0 Å². The van der Waals surface area contributed by atoms with E-state index in [-0.39, 0.29) is 0 Å². The second-order valence-corrected chi connectivity index (χ2v) is 6.23. The van der Waals surface area contributed by atoms with E-state index >= 15 is 0 Å². The number of methoxy groups -OCH3 is 1. The fourth-order valence-corrected chi connectivity index (χ4v) is 3.33. The smallest absolute Gasteiger partial charge is 0.135 e. The Morgan fingerprint density at radius 1 is 1.19 bits per heavy atom. The monoisotopic (exact) mass is 353 g/mol. The van der Waals surface area contributed by atoms with Crippen molar-refractivity contribution in [2.45, 2.75) is 6.42 Å². The predicted molar refractivity (Wildman–Crippen MR) is 101 cm³/mol. The van der Waals surface area contributed by atoms with Crippen LogP contribution in [0.25, 0.3) is 16.9 Å². The van der Waals surface area contributed by atoms with Crippen LogP contribution in [0.2, 0.25) is 0 Å². The summed E-state index contributed by atoms with van der Waals surface area (Å²) < 4.78 is 7.50. The number of nitrogens with zero attached hydrogens (tertiary/aromatic N) is 4. The van der Waals surface area contributed by atoms with Crippen molar-refractivity contribution >= 4 is 0 Å². The molecular weight excluding hydrogens is 338 g/mol. The number of nitrogens with one attached hydrogen (secondary N) is 1. The predicted octanol–water partition coefficient (Wildman–Crippen LogP) is 2.97. The molecule has 0 spiro atoms. The van der Waals surface area contributed by atoms with E-state index in [0.29, 0.717) is 6.42 Å². The van der Waals surface area contributed by atoms with E-state index < -0.39 is 0 Å². The lowest BCUT2D eigenvalue weighted by molar-refractivity contribution is 0.415. The van der Waals surface area contributed by atoms with Crippen LogP contribution in [-0.4, -0.2) is 31.8 Å². The van der Waals surface area contributed by atoms with E-state index in [1.54, 1.807) is 19.5 Å². The molecule has 1 aliphatic rings. The molecular formula is C21H15N5O. The second kappa shape index (κ2) is 6.15. The molecule has 0 radical (unpaired) electrons. The molecule has 0 bridgehead atoms. The highest BCUT2D eigenvalue weighted by Crippen LogP contribution is 2.36. The molecule has 1 aliphatic heterocycles. The van der Waals surface area contributed by atoms with E-state index in [1.807, 2.05) is 42.9 Å². The van der Waals surface area contributed by atoms with Crippen LogP contribution in [-0.2, 0) is 6.42 Å². The number of aromatic nitrogens is 5. The van der Waals surface area contributed by atoms with Crippen LogP contribution in [0, 0.1) is 11.8 Å².